The van der Waals surface area contributed by atoms with Crippen LogP contribution in [0.2, 0.25) is 0 Å². The van der Waals surface area contributed by atoms with Crippen molar-refractivity contribution in [3.8, 4) is 28.7 Å². The molecule has 4 fully saturated rings. The number of hydrogen-bond acceptors (Lipinski definition) is 16. The molecule has 12 atom stereocenters. The minimum absolute atomic E-state index is 0.0106. The van der Waals surface area contributed by atoms with Gasteiger partial charge in [-0.3, -0.25) is 28.9 Å². The van der Waals surface area contributed by atoms with Gasteiger partial charge in [-0.15, -0.1) is 0 Å². The molecule has 0 radical (unpaired) electrons. The monoisotopic (exact) mass is 1310 g/mol. The van der Waals surface area contributed by atoms with Gasteiger partial charge >= 0.3 is 23.9 Å². The number of carboxylic acids is 4. The molecule has 0 spiro atoms. The number of ether oxygens (including phenoxy) is 5. The number of sulfonamides is 1. The van der Waals surface area contributed by atoms with Crippen molar-refractivity contribution in [2.45, 2.75) is 94.8 Å². The second kappa shape index (κ2) is 32.8. The summed E-state index contributed by atoms with van der Waals surface area (Å²) in [7, 11) is 9.24. The van der Waals surface area contributed by atoms with Crippen molar-refractivity contribution in [1.29, 1.82) is 0 Å². The lowest BCUT2D eigenvalue weighted by Gasteiger charge is -2.29. The molecule has 5 aliphatic heterocycles. The van der Waals surface area contributed by atoms with E-state index < -0.39 is 51.8 Å². The Morgan fingerprint density at radius 3 is 1.40 bits per heavy atom. The number of anilines is 1. The van der Waals surface area contributed by atoms with E-state index in [2.05, 4.69) is 26.3 Å². The van der Waals surface area contributed by atoms with Gasteiger partial charge in [0.1, 0.15) is 30.0 Å². The number of aliphatic carboxylic acids is 4. The molecule has 5 aromatic rings. The summed E-state index contributed by atoms with van der Waals surface area (Å²) in [4.78, 5) is 70.6. The summed E-state index contributed by atoms with van der Waals surface area (Å²) < 4.78 is 54.1. The summed E-state index contributed by atoms with van der Waals surface area (Å²) in [5.74, 6) is -1.87. The van der Waals surface area contributed by atoms with Crippen LogP contribution in [0.3, 0.4) is 0 Å². The van der Waals surface area contributed by atoms with Crippen molar-refractivity contribution < 1.29 is 81.1 Å². The predicted octanol–water partition coefficient (Wildman–Crippen LogP) is 6.92. The predicted molar refractivity (Wildman–Crippen MR) is 351 cm³/mol. The van der Waals surface area contributed by atoms with Gasteiger partial charge in [0.15, 0.2) is 23.9 Å². The first kappa shape index (κ1) is 72.6. The van der Waals surface area contributed by atoms with Crippen molar-refractivity contribution >= 4 is 45.5 Å². The molecule has 5 aliphatic rings. The van der Waals surface area contributed by atoms with Gasteiger partial charge in [-0.25, -0.2) is 17.7 Å². The van der Waals surface area contributed by atoms with E-state index in [0.29, 0.717) is 24.6 Å². The quantitative estimate of drug-likeness (QED) is 0.0466. The fourth-order valence-electron chi connectivity index (χ4n) is 13.7. The van der Waals surface area contributed by atoms with E-state index in [1.54, 1.807) is 38.4 Å². The molecule has 0 aliphatic carbocycles. The van der Waals surface area contributed by atoms with Gasteiger partial charge in [-0.05, 0) is 132 Å². The summed E-state index contributed by atoms with van der Waals surface area (Å²) in [5.41, 5.74) is 4.76. The maximum absolute atomic E-state index is 13.7. The van der Waals surface area contributed by atoms with Gasteiger partial charge in [0, 0.05) is 93.2 Å². The van der Waals surface area contributed by atoms with E-state index in [4.69, 9.17) is 23.7 Å². The molecule has 24 heteroatoms. The second-order valence-electron chi connectivity index (χ2n) is 24.9. The fourth-order valence-corrected chi connectivity index (χ4v) is 14.1. The zero-order chi connectivity index (χ0) is 68.0. The molecule has 1 amide bonds. The van der Waals surface area contributed by atoms with E-state index >= 15 is 0 Å². The van der Waals surface area contributed by atoms with Gasteiger partial charge in [0.2, 0.25) is 22.7 Å². The number of likely N-dealkylation sites (tertiary alicyclic amines) is 4. The lowest BCUT2D eigenvalue weighted by atomic mass is 9.84. The molecule has 4 aromatic carbocycles. The normalized spacial score (nSPS) is 25.1. The van der Waals surface area contributed by atoms with E-state index in [0.717, 1.165) is 83.9 Å². The highest BCUT2D eigenvalue weighted by atomic mass is 32.2. The maximum Gasteiger partial charge on any atom is 0.308 e. The van der Waals surface area contributed by atoms with Crippen LogP contribution in [0.1, 0.15) is 92.9 Å². The molecule has 0 bridgehead atoms. The summed E-state index contributed by atoms with van der Waals surface area (Å²) in [6.45, 7) is 11.4. The molecule has 5 N–H and O–H groups in total. The molecule has 6 heterocycles. The van der Waals surface area contributed by atoms with Crippen molar-refractivity contribution in [2.24, 2.45) is 30.7 Å². The standard InChI is InChI=1S/C27H36N4O7S.3C14H19NO3/c1-4-5-13-31(20-7-6-12-29(2)15-20)25(32)17-30-16-21(19-8-9-23-24(14-19)38-18-37-23)26(27(33)34)22(30)10-11-28-39(3,35)36;3*1-9-13(14(16)17)12(8-15(9)2)10-4-6-11(18-3)7-5-10/h6-9,12,14-15,21-22,26,28H,4-5,10-11,13,16-18H2,1-3H3;3*4-7,9,12-13H,8H2,1-3H3,(H,16,17)/p+1/t21-,22+,26-;3*9-,12+,13-/m1000/s1. The number of nitrogens with one attached hydrogen (secondary N) is 1. The number of carboxylic acid groups (broad SMARTS) is 4. The molecule has 93 heavy (non-hydrogen) atoms. The highest BCUT2D eigenvalue weighted by Crippen LogP contribution is 2.44. The number of aryl methyl sites for hydroxylation is 1. The van der Waals surface area contributed by atoms with Crippen LogP contribution in [0.4, 0.5) is 5.69 Å². The van der Waals surface area contributed by atoms with E-state index in [9.17, 15) is 52.8 Å². The largest absolute Gasteiger partial charge is 0.497 e. The van der Waals surface area contributed by atoms with Crippen LogP contribution in [0.5, 0.6) is 28.7 Å². The SMILES string of the molecule is CCCCN(C(=O)CN1C[C@H](c2ccc3c(c2)OCO3)[C@@H](C(=O)O)[C@@H]1CCNS(C)(=O)=O)c1ccc[n+](C)c1.COc1ccc([C@H]2CN(C)[C@@H](C)[C@@H]2C(=O)O)cc1.COc1ccc([C@H]2CN(C)[C@@H](C)[C@@H]2C(=O)O)cc1.COc1ccc([C@H]2CN(C)[C@@H](C)[C@@H]2C(=O)O)cc1. The number of aromatic nitrogens is 1. The first-order chi connectivity index (χ1) is 44.2. The van der Waals surface area contributed by atoms with Crippen LogP contribution < -0.4 is 37.9 Å². The summed E-state index contributed by atoms with van der Waals surface area (Å²) in [5, 5.41) is 38.5. The van der Waals surface area contributed by atoms with Crippen molar-refractivity contribution in [3.05, 3.63) is 138 Å². The minimum Gasteiger partial charge on any atom is -0.497 e. The molecule has 506 valence electrons. The number of carbonyl (C=O) groups excluding carboxylic acids is 1. The zero-order valence-electron chi connectivity index (χ0n) is 55.5. The molecule has 23 nitrogen and oxygen atoms in total. The number of likely N-dealkylation sites (N-methyl/N-ethyl adjacent to an activating group) is 3. The number of benzene rings is 4. The van der Waals surface area contributed by atoms with Gasteiger partial charge < -0.3 is 63.7 Å². The van der Waals surface area contributed by atoms with Crippen molar-refractivity contribution in [2.75, 3.05) is 106 Å². The smallest absolute Gasteiger partial charge is 0.308 e. The fraction of sp³-hybridized carbons (Fsp3) is 0.507. The van der Waals surface area contributed by atoms with E-state index in [-0.39, 0.29) is 85.8 Å². The van der Waals surface area contributed by atoms with Crippen LogP contribution in [-0.4, -0.2) is 204 Å². The molecule has 0 saturated carbocycles. The van der Waals surface area contributed by atoms with Crippen molar-refractivity contribution in [3.63, 3.8) is 0 Å². The number of methoxy groups -OCH3 is 3. The highest BCUT2D eigenvalue weighted by Gasteiger charge is 2.48. The second-order valence-corrected chi connectivity index (χ2v) is 26.8. The minimum atomic E-state index is -3.45. The number of hydrogen-bond donors (Lipinski definition) is 5. The van der Waals surface area contributed by atoms with E-state index in [1.165, 1.54) is 0 Å². The number of unbranched alkanes of at least 4 members (excludes halogenated alkanes) is 1. The average molecular weight is 1310 g/mol. The Hall–Kier alpha value is -7.87. The molecule has 1 aromatic heterocycles. The zero-order valence-corrected chi connectivity index (χ0v) is 56.3. The third-order valence-corrected chi connectivity index (χ3v) is 19.9. The van der Waals surface area contributed by atoms with Crippen LogP contribution in [0.25, 0.3) is 0 Å². The van der Waals surface area contributed by atoms with Crippen LogP contribution in [-0.2, 0) is 41.0 Å². The van der Waals surface area contributed by atoms with Crippen LogP contribution in [0, 0.1) is 23.7 Å². The Morgan fingerprint density at radius 1 is 0.602 bits per heavy atom. The summed E-state index contributed by atoms with van der Waals surface area (Å²) >= 11 is 0. The highest BCUT2D eigenvalue weighted by molar-refractivity contribution is 7.88. The first-order valence-electron chi connectivity index (χ1n) is 31.5. The van der Waals surface area contributed by atoms with Crippen LogP contribution >= 0.6 is 0 Å². The third kappa shape index (κ3) is 18.3. The molecule has 0 unspecified atom stereocenters. The molecule has 10 rings (SSSR count). The Balaban J connectivity index is 0.000000190. The van der Waals surface area contributed by atoms with Crippen LogP contribution in [0.15, 0.2) is 116 Å². The Bertz CT molecular complexity index is 3240. The number of amides is 1. The number of nitrogens with zero attached hydrogens (tertiary/aromatic N) is 6. The molecular formula is C69H94N7O16S+. The maximum atomic E-state index is 13.7. The average Bonchev–Trinajstić information content (AvgIpc) is 1.66. The molecule has 4 saturated heterocycles. The number of fused-ring (bicyclic) bond motifs is 1. The first-order valence-corrected chi connectivity index (χ1v) is 33.4. The van der Waals surface area contributed by atoms with Gasteiger partial charge in [-0.1, -0.05) is 55.8 Å². The van der Waals surface area contributed by atoms with Crippen molar-refractivity contribution in [1.82, 2.24) is 24.3 Å². The summed E-state index contributed by atoms with van der Waals surface area (Å²) in [6.07, 6.45) is 6.83. The summed E-state index contributed by atoms with van der Waals surface area (Å²) in [6, 6.07) is 31.9. The topological polar surface area (TPSA) is 279 Å². The Labute approximate surface area is 546 Å². The lowest BCUT2D eigenvalue weighted by Crippen LogP contribution is -2.46. The van der Waals surface area contributed by atoms with E-state index in [1.807, 2.05) is 162 Å². The van der Waals surface area contributed by atoms with Gasteiger partial charge in [-0.2, -0.15) is 0 Å². The Kier molecular flexibility index (Phi) is 25.6. The van der Waals surface area contributed by atoms with Gasteiger partial charge in [0.25, 0.3) is 0 Å². The lowest BCUT2D eigenvalue weighted by molar-refractivity contribution is -0.670. The number of pyridine rings is 1. The van der Waals surface area contributed by atoms with Gasteiger partial charge in [0.05, 0.1) is 57.8 Å². The number of rotatable bonds is 21. The third-order valence-electron chi connectivity index (χ3n) is 19.2. The number of carbonyl (C=O) groups is 5. The Morgan fingerprint density at radius 2 is 1.01 bits per heavy atom. The molecular weight excluding hydrogens is 1210 g/mol.